The van der Waals surface area contributed by atoms with Crippen LogP contribution in [0.3, 0.4) is 0 Å². The lowest BCUT2D eigenvalue weighted by atomic mass is 10.1. The van der Waals surface area contributed by atoms with Gasteiger partial charge >= 0.3 is 0 Å². The zero-order valence-corrected chi connectivity index (χ0v) is 11.1. The van der Waals surface area contributed by atoms with Gasteiger partial charge in [-0.2, -0.15) is 11.8 Å². The Morgan fingerprint density at radius 2 is 2.33 bits per heavy atom. The normalized spacial score (nSPS) is 12.7. The second-order valence-electron chi connectivity index (χ2n) is 3.27. The van der Waals surface area contributed by atoms with Gasteiger partial charge in [-0.15, -0.1) is 0 Å². The molecule has 15 heavy (non-hydrogen) atoms. The molecule has 1 aromatic rings. The minimum atomic E-state index is -0.427. The van der Waals surface area contributed by atoms with E-state index in [0.717, 1.165) is 22.3 Å². The van der Waals surface area contributed by atoms with Crippen molar-refractivity contribution >= 4 is 27.7 Å². The van der Waals surface area contributed by atoms with E-state index in [-0.39, 0.29) is 0 Å². The van der Waals surface area contributed by atoms with Crippen LogP contribution in [0.1, 0.15) is 11.7 Å². The first-order valence-corrected chi connectivity index (χ1v) is 7.06. The maximum Gasteiger partial charge on any atom is 0.0914 e. The molecule has 1 unspecified atom stereocenters. The Morgan fingerprint density at radius 1 is 1.53 bits per heavy atom. The van der Waals surface area contributed by atoms with Crippen LogP contribution in [0.2, 0.25) is 0 Å². The Bertz CT molecular complexity index is 296. The van der Waals surface area contributed by atoms with Gasteiger partial charge in [0.25, 0.3) is 0 Å². The summed E-state index contributed by atoms with van der Waals surface area (Å²) < 4.78 is 1.00. The van der Waals surface area contributed by atoms with E-state index in [1.54, 1.807) is 11.8 Å². The minimum absolute atomic E-state index is 0.427. The molecule has 1 aromatic carbocycles. The van der Waals surface area contributed by atoms with Crippen LogP contribution in [0.15, 0.2) is 28.7 Å². The Hall–Kier alpha value is -0.0300. The molecule has 0 saturated heterocycles. The maximum atomic E-state index is 9.85. The highest BCUT2D eigenvalue weighted by Crippen LogP contribution is 2.17. The SMILES string of the molecule is CSCCNCC(O)c1cccc(Br)c1. The number of aliphatic hydroxyl groups is 1. The Labute approximate surface area is 104 Å². The standard InChI is InChI=1S/C11H16BrNOS/c1-15-6-5-13-8-11(14)9-3-2-4-10(12)7-9/h2-4,7,11,13-14H,5-6,8H2,1H3. The van der Waals surface area contributed by atoms with E-state index in [2.05, 4.69) is 27.5 Å². The van der Waals surface area contributed by atoms with Crippen LogP contribution in [-0.2, 0) is 0 Å². The van der Waals surface area contributed by atoms with Crippen molar-refractivity contribution in [1.29, 1.82) is 0 Å². The number of rotatable bonds is 6. The molecule has 0 spiro atoms. The molecular formula is C11H16BrNOS. The average molecular weight is 290 g/mol. The minimum Gasteiger partial charge on any atom is -0.387 e. The molecule has 0 heterocycles. The number of hydrogen-bond acceptors (Lipinski definition) is 3. The van der Waals surface area contributed by atoms with Crippen molar-refractivity contribution in [2.75, 3.05) is 25.1 Å². The summed E-state index contributed by atoms with van der Waals surface area (Å²) >= 11 is 5.19. The monoisotopic (exact) mass is 289 g/mol. The fourth-order valence-corrected chi connectivity index (χ4v) is 2.01. The summed E-state index contributed by atoms with van der Waals surface area (Å²) in [4.78, 5) is 0. The van der Waals surface area contributed by atoms with Gasteiger partial charge in [0, 0.05) is 23.3 Å². The molecule has 4 heteroatoms. The zero-order valence-electron chi connectivity index (χ0n) is 8.74. The van der Waals surface area contributed by atoms with Crippen LogP contribution in [-0.4, -0.2) is 30.2 Å². The van der Waals surface area contributed by atoms with E-state index < -0.39 is 6.10 Å². The van der Waals surface area contributed by atoms with E-state index in [4.69, 9.17) is 0 Å². The van der Waals surface area contributed by atoms with Crippen LogP contribution in [0.5, 0.6) is 0 Å². The summed E-state index contributed by atoms with van der Waals surface area (Å²) in [7, 11) is 0. The number of thioether (sulfide) groups is 1. The van der Waals surface area contributed by atoms with Crippen molar-refractivity contribution in [3.05, 3.63) is 34.3 Å². The molecule has 1 atom stereocenters. The van der Waals surface area contributed by atoms with Crippen LogP contribution >= 0.6 is 27.7 Å². The van der Waals surface area contributed by atoms with Gasteiger partial charge in [-0.05, 0) is 24.0 Å². The summed E-state index contributed by atoms with van der Waals surface area (Å²) in [6, 6.07) is 7.77. The van der Waals surface area contributed by atoms with E-state index in [0.29, 0.717) is 6.54 Å². The van der Waals surface area contributed by atoms with Crippen molar-refractivity contribution in [3.63, 3.8) is 0 Å². The highest BCUT2D eigenvalue weighted by Gasteiger charge is 2.06. The molecule has 0 bridgehead atoms. The topological polar surface area (TPSA) is 32.3 Å². The smallest absolute Gasteiger partial charge is 0.0914 e. The van der Waals surface area contributed by atoms with Gasteiger partial charge in [-0.3, -0.25) is 0 Å². The summed E-state index contributed by atoms with van der Waals surface area (Å²) in [5.74, 6) is 1.07. The third kappa shape index (κ3) is 5.02. The fourth-order valence-electron chi connectivity index (χ4n) is 1.24. The van der Waals surface area contributed by atoms with E-state index in [9.17, 15) is 5.11 Å². The number of benzene rings is 1. The second kappa shape index (κ2) is 7.28. The van der Waals surface area contributed by atoms with E-state index >= 15 is 0 Å². The van der Waals surface area contributed by atoms with Crippen LogP contribution < -0.4 is 5.32 Å². The first kappa shape index (κ1) is 13.0. The van der Waals surface area contributed by atoms with Gasteiger partial charge in [0.05, 0.1) is 6.10 Å². The molecule has 2 nitrogen and oxygen atoms in total. The van der Waals surface area contributed by atoms with Gasteiger partial charge in [-0.1, -0.05) is 28.1 Å². The second-order valence-corrected chi connectivity index (χ2v) is 5.17. The molecule has 0 fully saturated rings. The van der Waals surface area contributed by atoms with Crippen molar-refractivity contribution in [2.45, 2.75) is 6.10 Å². The van der Waals surface area contributed by atoms with Gasteiger partial charge in [0.1, 0.15) is 0 Å². The summed E-state index contributed by atoms with van der Waals surface area (Å²) in [6.07, 6.45) is 1.65. The average Bonchev–Trinajstić information content (AvgIpc) is 2.24. The predicted octanol–water partition coefficient (Wildman–Crippen LogP) is 2.44. The van der Waals surface area contributed by atoms with E-state index in [1.807, 2.05) is 24.3 Å². The summed E-state index contributed by atoms with van der Waals surface area (Å²) in [6.45, 7) is 1.54. The lowest BCUT2D eigenvalue weighted by Crippen LogP contribution is -2.23. The molecule has 0 aliphatic rings. The Kier molecular flexibility index (Phi) is 6.32. The Balaban J connectivity index is 2.36. The largest absolute Gasteiger partial charge is 0.387 e. The predicted molar refractivity (Wildman–Crippen MR) is 70.4 cm³/mol. The quantitative estimate of drug-likeness (QED) is 0.789. The summed E-state index contributed by atoms with van der Waals surface area (Å²) in [5, 5.41) is 13.1. The van der Waals surface area contributed by atoms with Gasteiger partial charge < -0.3 is 10.4 Å². The van der Waals surface area contributed by atoms with Gasteiger partial charge in [0.2, 0.25) is 0 Å². The highest BCUT2D eigenvalue weighted by atomic mass is 79.9. The van der Waals surface area contributed by atoms with Gasteiger partial charge in [-0.25, -0.2) is 0 Å². The first-order valence-electron chi connectivity index (χ1n) is 4.87. The zero-order chi connectivity index (χ0) is 11.1. The molecule has 0 aliphatic heterocycles. The molecule has 2 N–H and O–H groups in total. The first-order chi connectivity index (χ1) is 7.24. The van der Waals surface area contributed by atoms with Crippen LogP contribution in [0, 0.1) is 0 Å². The third-order valence-electron chi connectivity index (χ3n) is 2.05. The molecule has 0 aliphatic carbocycles. The Morgan fingerprint density at radius 3 is 3.00 bits per heavy atom. The van der Waals surface area contributed by atoms with Crippen molar-refractivity contribution in [3.8, 4) is 0 Å². The van der Waals surface area contributed by atoms with Crippen molar-refractivity contribution in [1.82, 2.24) is 5.32 Å². The molecule has 1 rings (SSSR count). The third-order valence-corrected chi connectivity index (χ3v) is 3.16. The fraction of sp³-hybridized carbons (Fsp3) is 0.455. The molecular weight excluding hydrogens is 274 g/mol. The lowest BCUT2D eigenvalue weighted by molar-refractivity contribution is 0.175. The number of aliphatic hydroxyl groups excluding tert-OH is 1. The van der Waals surface area contributed by atoms with E-state index in [1.165, 1.54) is 0 Å². The molecule has 84 valence electrons. The lowest BCUT2D eigenvalue weighted by Gasteiger charge is -2.12. The molecule has 0 saturated carbocycles. The number of nitrogens with one attached hydrogen (secondary N) is 1. The molecule has 0 amide bonds. The summed E-state index contributed by atoms with van der Waals surface area (Å²) in [5.41, 5.74) is 0.945. The van der Waals surface area contributed by atoms with Crippen LogP contribution in [0.4, 0.5) is 0 Å². The van der Waals surface area contributed by atoms with Crippen LogP contribution in [0.25, 0.3) is 0 Å². The van der Waals surface area contributed by atoms with Crippen molar-refractivity contribution < 1.29 is 5.11 Å². The van der Waals surface area contributed by atoms with Crippen molar-refractivity contribution in [2.24, 2.45) is 0 Å². The maximum absolute atomic E-state index is 9.85. The van der Waals surface area contributed by atoms with Gasteiger partial charge in [0.15, 0.2) is 0 Å². The molecule has 0 radical (unpaired) electrons. The molecule has 0 aromatic heterocycles. The highest BCUT2D eigenvalue weighted by molar-refractivity contribution is 9.10. The number of hydrogen-bond donors (Lipinski definition) is 2. The number of halogens is 1.